The number of rotatable bonds is 8. The Hall–Kier alpha value is -2.46. The van der Waals surface area contributed by atoms with Crippen LogP contribution in [0.4, 0.5) is 0 Å². The number of hydrogen-bond donors (Lipinski definition) is 2. The van der Waals surface area contributed by atoms with E-state index in [-0.39, 0.29) is 24.6 Å². The molecule has 0 unspecified atom stereocenters. The Balaban J connectivity index is 0.00000337. The van der Waals surface area contributed by atoms with Crippen LogP contribution in [0.15, 0.2) is 71.6 Å². The second-order valence-electron chi connectivity index (χ2n) is 11.7. The summed E-state index contributed by atoms with van der Waals surface area (Å²) >= 11 is 0. The van der Waals surface area contributed by atoms with Crippen LogP contribution in [0.2, 0.25) is 0 Å². The molecule has 9 heteroatoms. The first kappa shape index (κ1) is 30.0. The van der Waals surface area contributed by atoms with E-state index in [0.717, 1.165) is 29.0 Å². The van der Waals surface area contributed by atoms with Gasteiger partial charge in [0.1, 0.15) is 18.9 Å². The van der Waals surface area contributed by atoms with Crippen molar-refractivity contribution in [1.82, 2.24) is 10.2 Å². The van der Waals surface area contributed by atoms with Crippen LogP contribution in [0, 0.1) is 0 Å². The van der Waals surface area contributed by atoms with E-state index in [9.17, 15) is 13.5 Å². The summed E-state index contributed by atoms with van der Waals surface area (Å²) in [6.45, 7) is 9.70. The van der Waals surface area contributed by atoms with Crippen molar-refractivity contribution >= 4 is 9.84 Å². The molecule has 3 aromatic rings. The molecule has 0 saturated carbocycles. The summed E-state index contributed by atoms with van der Waals surface area (Å²) in [6.07, 6.45) is -0.583. The SMILES string of the molecule is CNCc1ccc2c(c1)[C@@H](c1ccc(OCc3ccc(C[N+]45CCN(CC4)CC5)cc3)cc1)[C@@H](O)CCS2(=O)=O.[Cl-]. The second kappa shape index (κ2) is 12.4. The van der Waals surface area contributed by atoms with E-state index in [1.807, 2.05) is 43.4 Å². The summed E-state index contributed by atoms with van der Waals surface area (Å²) in [7, 11) is -1.59. The lowest BCUT2D eigenvalue weighted by molar-refractivity contribution is -0.953. The van der Waals surface area contributed by atoms with Crippen molar-refractivity contribution in [2.45, 2.75) is 43.0 Å². The number of sulfone groups is 1. The van der Waals surface area contributed by atoms with Crippen molar-refractivity contribution < 1.29 is 35.2 Å². The minimum absolute atomic E-state index is 0. The fourth-order valence-corrected chi connectivity index (χ4v) is 8.23. The number of piperazine rings is 3. The Morgan fingerprint density at radius 2 is 1.56 bits per heavy atom. The maximum Gasteiger partial charge on any atom is 0.178 e. The molecule has 41 heavy (non-hydrogen) atoms. The third kappa shape index (κ3) is 6.48. The quantitative estimate of drug-likeness (QED) is 0.364. The predicted molar refractivity (Wildman–Crippen MR) is 156 cm³/mol. The van der Waals surface area contributed by atoms with Gasteiger partial charge >= 0.3 is 0 Å². The Kier molecular flexibility index (Phi) is 9.09. The molecule has 0 aromatic heterocycles. The highest BCUT2D eigenvalue weighted by atomic mass is 35.5. The van der Waals surface area contributed by atoms with Gasteiger partial charge in [-0.3, -0.25) is 4.90 Å². The number of aliphatic hydroxyl groups excluding tert-OH is 1. The van der Waals surface area contributed by atoms with E-state index < -0.39 is 21.9 Å². The molecule has 0 amide bonds. The minimum atomic E-state index is -3.45. The number of hydrogen-bond acceptors (Lipinski definition) is 6. The zero-order chi connectivity index (χ0) is 27.7. The first-order chi connectivity index (χ1) is 19.3. The summed E-state index contributed by atoms with van der Waals surface area (Å²) in [6, 6.07) is 22.0. The van der Waals surface area contributed by atoms with E-state index in [1.54, 1.807) is 6.07 Å². The average Bonchev–Trinajstić information content (AvgIpc) is 3.07. The number of benzene rings is 3. The molecule has 3 saturated heterocycles. The Bertz CT molecular complexity index is 1420. The highest BCUT2D eigenvalue weighted by molar-refractivity contribution is 7.91. The Morgan fingerprint density at radius 3 is 2.22 bits per heavy atom. The zero-order valence-corrected chi connectivity index (χ0v) is 25.2. The summed E-state index contributed by atoms with van der Waals surface area (Å²) < 4.78 is 33.3. The van der Waals surface area contributed by atoms with Gasteiger partial charge in [0, 0.05) is 37.7 Å². The van der Waals surface area contributed by atoms with Crippen molar-refractivity contribution in [3.63, 3.8) is 0 Å². The monoisotopic (exact) mass is 597 g/mol. The molecule has 0 aliphatic carbocycles. The van der Waals surface area contributed by atoms with Crippen molar-refractivity contribution in [3.05, 3.63) is 94.5 Å². The summed E-state index contributed by atoms with van der Waals surface area (Å²) in [5, 5.41) is 14.2. The van der Waals surface area contributed by atoms with Crippen LogP contribution in [0.25, 0.3) is 0 Å². The summed E-state index contributed by atoms with van der Waals surface area (Å²) in [5.41, 5.74) is 5.07. The van der Waals surface area contributed by atoms with Gasteiger partial charge in [0.2, 0.25) is 0 Å². The van der Waals surface area contributed by atoms with Gasteiger partial charge in [-0.15, -0.1) is 0 Å². The molecule has 3 fully saturated rings. The molecule has 4 heterocycles. The van der Waals surface area contributed by atoms with Crippen molar-refractivity contribution in [2.75, 3.05) is 52.1 Å². The third-order valence-electron chi connectivity index (χ3n) is 9.05. The molecule has 4 aliphatic rings. The average molecular weight is 598 g/mol. The molecular weight excluding hydrogens is 558 g/mol. The molecule has 0 spiro atoms. The maximum atomic E-state index is 13.0. The maximum absolute atomic E-state index is 13.0. The first-order valence-electron chi connectivity index (χ1n) is 14.4. The molecule has 4 aliphatic heterocycles. The van der Waals surface area contributed by atoms with Crippen LogP contribution in [0.3, 0.4) is 0 Å². The number of halogens is 1. The smallest absolute Gasteiger partial charge is 0.178 e. The van der Waals surface area contributed by atoms with Crippen LogP contribution in [0.5, 0.6) is 5.75 Å². The summed E-state index contributed by atoms with van der Waals surface area (Å²) in [4.78, 5) is 2.90. The topological polar surface area (TPSA) is 78.9 Å². The Morgan fingerprint density at radius 1 is 0.927 bits per heavy atom. The molecule has 2 bridgehead atoms. The van der Waals surface area contributed by atoms with Crippen LogP contribution in [-0.4, -0.2) is 81.1 Å². The van der Waals surface area contributed by atoms with Crippen molar-refractivity contribution in [2.24, 2.45) is 0 Å². The van der Waals surface area contributed by atoms with Crippen LogP contribution < -0.4 is 22.5 Å². The molecular formula is C32H40ClN3O4S. The number of quaternary nitrogens is 1. The summed E-state index contributed by atoms with van der Waals surface area (Å²) in [5.74, 6) is 0.277. The second-order valence-corrected chi connectivity index (χ2v) is 13.8. The van der Waals surface area contributed by atoms with Gasteiger partial charge in [-0.05, 0) is 53.9 Å². The van der Waals surface area contributed by atoms with E-state index in [4.69, 9.17) is 4.74 Å². The van der Waals surface area contributed by atoms with Gasteiger partial charge in [-0.2, -0.15) is 0 Å². The van der Waals surface area contributed by atoms with E-state index in [1.165, 1.54) is 49.3 Å². The van der Waals surface area contributed by atoms with Crippen LogP contribution >= 0.6 is 0 Å². The standard InChI is InChI=1S/C32H40N3O4S.ClH/c1-33-21-26-6-11-31-29(20-26)32(30(36)12-19-40(31,37)38)27-7-9-28(10-8-27)39-23-25-4-2-24(3-5-25)22-35-16-13-34(14-17-35)15-18-35;/h2-11,20,30,32-33,36H,12-19,21-23H2,1H3;1H/q+1;/p-1/t30-,32+;/m0./s1. The predicted octanol–water partition coefficient (Wildman–Crippen LogP) is 0.305. The lowest BCUT2D eigenvalue weighted by Gasteiger charge is -2.50. The highest BCUT2D eigenvalue weighted by Gasteiger charge is 2.38. The normalized spacial score (nSPS) is 26.4. The first-order valence-corrected chi connectivity index (χ1v) is 16.1. The number of nitrogens with zero attached hydrogens (tertiary/aromatic N) is 2. The molecule has 7 rings (SSSR count). The molecule has 2 N–H and O–H groups in total. The fourth-order valence-electron chi connectivity index (χ4n) is 6.63. The van der Waals surface area contributed by atoms with E-state index in [0.29, 0.717) is 23.6 Å². The van der Waals surface area contributed by atoms with E-state index in [2.05, 4.69) is 34.5 Å². The highest BCUT2D eigenvalue weighted by Crippen LogP contribution is 2.38. The molecule has 2 atom stereocenters. The largest absolute Gasteiger partial charge is 1.00 e. The lowest BCUT2D eigenvalue weighted by Crippen LogP contribution is -3.00. The van der Waals surface area contributed by atoms with Gasteiger partial charge in [-0.25, -0.2) is 8.42 Å². The number of fused-ring (bicyclic) bond motifs is 4. The zero-order valence-electron chi connectivity index (χ0n) is 23.6. The lowest BCUT2D eigenvalue weighted by atomic mass is 9.85. The van der Waals surface area contributed by atoms with Gasteiger partial charge in [0.05, 0.1) is 36.4 Å². The van der Waals surface area contributed by atoms with Crippen LogP contribution in [-0.2, 0) is 29.5 Å². The molecule has 3 aromatic carbocycles. The van der Waals surface area contributed by atoms with Gasteiger partial charge in [0.25, 0.3) is 0 Å². The molecule has 0 radical (unpaired) electrons. The van der Waals surface area contributed by atoms with Crippen LogP contribution in [0.1, 0.15) is 40.2 Å². The van der Waals surface area contributed by atoms with E-state index >= 15 is 0 Å². The number of ether oxygens (including phenoxy) is 1. The van der Waals surface area contributed by atoms with Gasteiger partial charge in [0.15, 0.2) is 9.84 Å². The molecule has 220 valence electrons. The number of nitrogens with one attached hydrogen (secondary N) is 1. The molecule has 7 nitrogen and oxygen atoms in total. The van der Waals surface area contributed by atoms with Gasteiger partial charge < -0.3 is 32.1 Å². The van der Waals surface area contributed by atoms with Gasteiger partial charge in [-0.1, -0.05) is 48.5 Å². The third-order valence-corrected chi connectivity index (χ3v) is 10.9. The van der Waals surface area contributed by atoms with Crippen molar-refractivity contribution in [1.29, 1.82) is 0 Å². The Labute approximate surface area is 250 Å². The number of aliphatic hydroxyl groups is 1. The fraction of sp³-hybridized carbons (Fsp3) is 0.438. The minimum Gasteiger partial charge on any atom is -1.00 e. The van der Waals surface area contributed by atoms with Crippen molar-refractivity contribution in [3.8, 4) is 5.75 Å².